The topological polar surface area (TPSA) is 79.5 Å². The number of carbonyl (C=O) groups excluding carboxylic acids is 1. The molecule has 0 aliphatic carbocycles. The molecule has 1 amide bonds. The molecule has 0 unspecified atom stereocenters. The van der Waals surface area contributed by atoms with Gasteiger partial charge in [0.2, 0.25) is 0 Å². The van der Waals surface area contributed by atoms with Gasteiger partial charge in [-0.1, -0.05) is 31.5 Å². The predicted molar refractivity (Wildman–Crippen MR) is 118 cm³/mol. The fraction of sp³-hybridized carbons (Fsp3) is 0.500. The van der Waals surface area contributed by atoms with Crippen molar-refractivity contribution in [2.75, 3.05) is 6.54 Å². The van der Waals surface area contributed by atoms with E-state index in [1.54, 1.807) is 36.5 Å². The third kappa shape index (κ3) is 6.34. The summed E-state index contributed by atoms with van der Waals surface area (Å²) in [6.07, 6.45) is 2.88. The van der Waals surface area contributed by atoms with Crippen LogP contribution in [0, 0.1) is 5.82 Å². The van der Waals surface area contributed by atoms with Gasteiger partial charge in [-0.15, -0.1) is 0 Å². The molecule has 0 radical (unpaired) electrons. The second kappa shape index (κ2) is 10.6. The molecule has 5 nitrogen and oxygen atoms in total. The van der Waals surface area contributed by atoms with Crippen LogP contribution in [0.2, 0.25) is 0 Å². The number of hydrogen-bond acceptors (Lipinski definition) is 4. The van der Waals surface area contributed by atoms with Crippen molar-refractivity contribution in [2.45, 2.75) is 71.1 Å². The lowest BCUT2D eigenvalue weighted by Gasteiger charge is -2.36. The Hall–Kier alpha value is -2.31. The normalized spacial score (nSPS) is 13.7. The fourth-order valence-electron chi connectivity index (χ4n) is 3.40. The molecule has 1 aromatic heterocycles. The Morgan fingerprint density at radius 3 is 2.53 bits per heavy atom. The molecule has 0 fully saturated rings. The highest BCUT2D eigenvalue weighted by Gasteiger charge is 2.29. The standard InChI is InChI=1S/C24H34FN3O2/c1-5-6-14-28(24(2,3)4)23(30)18-11-9-13-27-21(18)16-22(29)20(26)15-17-10-7-8-12-19(17)25/h7-13,20,22,29H,5-6,14-16,26H2,1-4H3/t20-,22+/m1/s1. The van der Waals surface area contributed by atoms with E-state index < -0.39 is 12.1 Å². The van der Waals surface area contributed by atoms with Crippen LogP contribution in [0.5, 0.6) is 0 Å². The van der Waals surface area contributed by atoms with E-state index >= 15 is 0 Å². The van der Waals surface area contributed by atoms with Crippen LogP contribution in [0.15, 0.2) is 42.6 Å². The summed E-state index contributed by atoms with van der Waals surface area (Å²) in [6.45, 7) is 8.78. The number of amides is 1. The van der Waals surface area contributed by atoms with Crippen LogP contribution < -0.4 is 5.73 Å². The highest BCUT2D eigenvalue weighted by molar-refractivity contribution is 5.95. The molecule has 1 heterocycles. The van der Waals surface area contributed by atoms with E-state index in [1.165, 1.54) is 6.07 Å². The Morgan fingerprint density at radius 2 is 1.90 bits per heavy atom. The van der Waals surface area contributed by atoms with Gasteiger partial charge in [0.1, 0.15) is 5.82 Å². The zero-order chi connectivity index (χ0) is 22.3. The van der Waals surface area contributed by atoms with Gasteiger partial charge in [-0.3, -0.25) is 9.78 Å². The molecule has 2 atom stereocenters. The van der Waals surface area contributed by atoms with E-state index in [4.69, 9.17) is 5.73 Å². The van der Waals surface area contributed by atoms with Crippen LogP contribution in [0.4, 0.5) is 4.39 Å². The average molecular weight is 416 g/mol. The van der Waals surface area contributed by atoms with Gasteiger partial charge in [-0.25, -0.2) is 4.39 Å². The molecule has 6 heteroatoms. The van der Waals surface area contributed by atoms with E-state index in [9.17, 15) is 14.3 Å². The van der Waals surface area contributed by atoms with Crippen LogP contribution in [-0.4, -0.2) is 45.1 Å². The molecule has 30 heavy (non-hydrogen) atoms. The summed E-state index contributed by atoms with van der Waals surface area (Å²) in [7, 11) is 0. The summed E-state index contributed by atoms with van der Waals surface area (Å²) >= 11 is 0. The third-order valence-electron chi connectivity index (χ3n) is 5.22. The summed E-state index contributed by atoms with van der Waals surface area (Å²) in [5.74, 6) is -0.445. The molecule has 3 N–H and O–H groups in total. The first-order valence-electron chi connectivity index (χ1n) is 10.6. The van der Waals surface area contributed by atoms with E-state index in [-0.39, 0.29) is 30.1 Å². The number of benzene rings is 1. The number of pyridine rings is 1. The van der Waals surface area contributed by atoms with E-state index in [0.717, 1.165) is 12.8 Å². The number of nitrogens with zero attached hydrogens (tertiary/aromatic N) is 2. The van der Waals surface area contributed by atoms with Crippen LogP contribution in [0.25, 0.3) is 0 Å². The Labute approximate surface area is 179 Å². The highest BCUT2D eigenvalue weighted by atomic mass is 19.1. The van der Waals surface area contributed by atoms with Gasteiger partial charge in [0, 0.05) is 30.7 Å². The first kappa shape index (κ1) is 24.0. The minimum Gasteiger partial charge on any atom is -0.391 e. The number of aliphatic hydroxyl groups is 1. The zero-order valence-corrected chi connectivity index (χ0v) is 18.4. The maximum atomic E-state index is 13.9. The molecular weight excluding hydrogens is 381 g/mol. The minimum absolute atomic E-state index is 0.103. The summed E-state index contributed by atoms with van der Waals surface area (Å²) < 4.78 is 13.9. The molecule has 0 saturated heterocycles. The van der Waals surface area contributed by atoms with Gasteiger partial charge in [-0.2, -0.15) is 0 Å². The number of nitrogens with two attached hydrogens (primary N) is 1. The number of carbonyl (C=O) groups is 1. The fourth-order valence-corrected chi connectivity index (χ4v) is 3.40. The zero-order valence-electron chi connectivity index (χ0n) is 18.4. The van der Waals surface area contributed by atoms with Crippen molar-refractivity contribution in [3.05, 3.63) is 65.2 Å². The summed E-state index contributed by atoms with van der Waals surface area (Å²) in [6, 6.07) is 9.18. The van der Waals surface area contributed by atoms with E-state index in [2.05, 4.69) is 11.9 Å². The van der Waals surface area contributed by atoms with Gasteiger partial charge >= 0.3 is 0 Å². The minimum atomic E-state index is -0.954. The Kier molecular flexibility index (Phi) is 8.50. The van der Waals surface area contributed by atoms with Gasteiger partial charge in [-0.05, 0) is 57.4 Å². The maximum Gasteiger partial charge on any atom is 0.256 e. The molecule has 0 spiro atoms. The molecule has 2 rings (SSSR count). The van der Waals surface area contributed by atoms with Crippen molar-refractivity contribution >= 4 is 5.91 Å². The summed E-state index contributed by atoms with van der Waals surface area (Å²) in [4.78, 5) is 19.5. The second-order valence-corrected chi connectivity index (χ2v) is 8.71. The van der Waals surface area contributed by atoms with E-state index in [1.807, 2.05) is 25.7 Å². The van der Waals surface area contributed by atoms with Crippen LogP contribution in [0.3, 0.4) is 0 Å². The molecule has 164 valence electrons. The lowest BCUT2D eigenvalue weighted by molar-refractivity contribution is 0.0575. The quantitative estimate of drug-likeness (QED) is 0.654. The lowest BCUT2D eigenvalue weighted by Crippen LogP contribution is -2.46. The van der Waals surface area contributed by atoms with Gasteiger partial charge in [0.25, 0.3) is 5.91 Å². The third-order valence-corrected chi connectivity index (χ3v) is 5.22. The van der Waals surface area contributed by atoms with Gasteiger partial charge in [0.05, 0.1) is 17.4 Å². The SMILES string of the molecule is CCCCN(C(=O)c1cccnc1C[C@H](O)[C@H](N)Cc1ccccc1F)C(C)(C)C. The first-order valence-corrected chi connectivity index (χ1v) is 10.6. The molecule has 2 aromatic rings. The summed E-state index contributed by atoms with van der Waals surface area (Å²) in [5.41, 5.74) is 7.25. The largest absolute Gasteiger partial charge is 0.391 e. The molecule has 0 saturated carbocycles. The number of unbranched alkanes of at least 4 members (excludes halogenated alkanes) is 1. The van der Waals surface area contributed by atoms with Crippen LogP contribution in [-0.2, 0) is 12.8 Å². The smallest absolute Gasteiger partial charge is 0.256 e. The van der Waals surface area contributed by atoms with Crippen LogP contribution >= 0.6 is 0 Å². The predicted octanol–water partition coefficient (Wildman–Crippen LogP) is 3.73. The van der Waals surface area contributed by atoms with E-state index in [0.29, 0.717) is 23.4 Å². The number of aliphatic hydroxyl groups excluding tert-OH is 1. The number of rotatable bonds is 9. The monoisotopic (exact) mass is 415 g/mol. The number of halogens is 1. The first-order chi connectivity index (χ1) is 14.1. The average Bonchev–Trinajstić information content (AvgIpc) is 2.69. The number of hydrogen-bond donors (Lipinski definition) is 2. The molecule has 0 aliphatic rings. The van der Waals surface area contributed by atoms with Crippen molar-refractivity contribution in [2.24, 2.45) is 5.73 Å². The molecule has 1 aromatic carbocycles. The molecule has 0 bridgehead atoms. The Morgan fingerprint density at radius 1 is 1.20 bits per heavy atom. The Bertz CT molecular complexity index is 835. The maximum absolute atomic E-state index is 13.9. The lowest BCUT2D eigenvalue weighted by atomic mass is 9.96. The van der Waals surface area contributed by atoms with Crippen molar-refractivity contribution in [3.63, 3.8) is 0 Å². The second-order valence-electron chi connectivity index (χ2n) is 8.71. The van der Waals surface area contributed by atoms with Gasteiger partial charge < -0.3 is 15.7 Å². The van der Waals surface area contributed by atoms with Crippen molar-refractivity contribution < 1.29 is 14.3 Å². The molecular formula is C24H34FN3O2. The van der Waals surface area contributed by atoms with Crippen molar-refractivity contribution in [3.8, 4) is 0 Å². The summed E-state index contributed by atoms with van der Waals surface area (Å²) in [5, 5.41) is 10.7. The number of aromatic nitrogens is 1. The van der Waals surface area contributed by atoms with Crippen LogP contribution in [0.1, 0.15) is 62.2 Å². The highest BCUT2D eigenvalue weighted by Crippen LogP contribution is 2.21. The Balaban J connectivity index is 2.19. The van der Waals surface area contributed by atoms with Crippen molar-refractivity contribution in [1.82, 2.24) is 9.88 Å². The van der Waals surface area contributed by atoms with Gasteiger partial charge in [0.15, 0.2) is 0 Å². The molecule has 0 aliphatic heterocycles. The van der Waals surface area contributed by atoms with Crippen molar-refractivity contribution in [1.29, 1.82) is 0 Å².